The van der Waals surface area contributed by atoms with Crippen molar-refractivity contribution < 1.29 is 4.74 Å². The average Bonchev–Trinajstić information content (AvgIpc) is 2.84. The standard InChI is InChI=1S/C27H36BrN5O/c1-4-34-25-14-13-22(28)15-21(25)18-29-16-19-9-11-20(12-10-19)17-30-27-31-24-8-6-5-7-23(24)26(32-27)33(2)3/h5-8,13-15,19-20,29H,4,9-12,16-18H2,1-3H3,(H,30,31,32). The van der Waals surface area contributed by atoms with Crippen molar-refractivity contribution in [3.05, 3.63) is 52.5 Å². The summed E-state index contributed by atoms with van der Waals surface area (Å²) in [5.41, 5.74) is 2.19. The molecule has 0 bridgehead atoms. The van der Waals surface area contributed by atoms with Crippen molar-refractivity contribution in [2.24, 2.45) is 11.8 Å². The molecule has 1 aliphatic carbocycles. The van der Waals surface area contributed by atoms with E-state index in [1.165, 1.54) is 31.2 Å². The van der Waals surface area contributed by atoms with Crippen LogP contribution in [0, 0.1) is 11.8 Å². The van der Waals surface area contributed by atoms with E-state index >= 15 is 0 Å². The molecule has 0 radical (unpaired) electrons. The van der Waals surface area contributed by atoms with Gasteiger partial charge in [-0.15, -0.1) is 0 Å². The summed E-state index contributed by atoms with van der Waals surface area (Å²) in [6, 6.07) is 14.4. The predicted molar refractivity (Wildman–Crippen MR) is 145 cm³/mol. The Morgan fingerprint density at radius 3 is 2.47 bits per heavy atom. The van der Waals surface area contributed by atoms with Gasteiger partial charge in [-0.2, -0.15) is 4.98 Å². The molecule has 0 amide bonds. The number of fused-ring (bicyclic) bond motifs is 1. The first-order valence-corrected chi connectivity index (χ1v) is 13.1. The van der Waals surface area contributed by atoms with Crippen molar-refractivity contribution in [3.63, 3.8) is 0 Å². The Hall–Kier alpha value is -2.38. The van der Waals surface area contributed by atoms with Crippen LogP contribution in [0.2, 0.25) is 0 Å². The lowest BCUT2D eigenvalue weighted by molar-refractivity contribution is 0.275. The predicted octanol–water partition coefficient (Wildman–Crippen LogP) is 5.87. The van der Waals surface area contributed by atoms with Crippen LogP contribution in [0.15, 0.2) is 46.9 Å². The van der Waals surface area contributed by atoms with Crippen LogP contribution in [0.25, 0.3) is 10.9 Å². The Morgan fingerprint density at radius 1 is 1.00 bits per heavy atom. The number of benzene rings is 2. The number of halogens is 1. The fourth-order valence-electron chi connectivity index (χ4n) is 4.75. The molecule has 0 spiro atoms. The van der Waals surface area contributed by atoms with E-state index in [0.717, 1.165) is 58.4 Å². The largest absolute Gasteiger partial charge is 0.494 e. The van der Waals surface area contributed by atoms with Gasteiger partial charge < -0.3 is 20.3 Å². The van der Waals surface area contributed by atoms with E-state index in [4.69, 9.17) is 14.7 Å². The molecule has 182 valence electrons. The molecule has 0 saturated heterocycles. The zero-order valence-corrected chi connectivity index (χ0v) is 22.1. The normalized spacial score (nSPS) is 18.1. The number of hydrogen-bond acceptors (Lipinski definition) is 6. The highest BCUT2D eigenvalue weighted by molar-refractivity contribution is 9.10. The number of anilines is 2. The highest BCUT2D eigenvalue weighted by Crippen LogP contribution is 2.30. The molecule has 3 aromatic rings. The molecule has 1 aromatic heterocycles. The molecule has 7 heteroatoms. The molecule has 0 aliphatic heterocycles. The van der Waals surface area contributed by atoms with Crippen LogP contribution in [0.3, 0.4) is 0 Å². The maximum atomic E-state index is 5.78. The lowest BCUT2D eigenvalue weighted by Crippen LogP contribution is -2.28. The van der Waals surface area contributed by atoms with Crippen LogP contribution in [0.5, 0.6) is 5.75 Å². The van der Waals surface area contributed by atoms with Gasteiger partial charge in [0.15, 0.2) is 0 Å². The first-order chi connectivity index (χ1) is 16.5. The molecule has 2 aromatic carbocycles. The van der Waals surface area contributed by atoms with Gasteiger partial charge in [0.05, 0.1) is 12.1 Å². The van der Waals surface area contributed by atoms with E-state index in [9.17, 15) is 0 Å². The van der Waals surface area contributed by atoms with Gasteiger partial charge in [-0.3, -0.25) is 0 Å². The van der Waals surface area contributed by atoms with Crippen molar-refractivity contribution in [1.29, 1.82) is 0 Å². The molecule has 1 fully saturated rings. The summed E-state index contributed by atoms with van der Waals surface area (Å²) < 4.78 is 6.87. The average molecular weight is 527 g/mol. The molecule has 6 nitrogen and oxygen atoms in total. The minimum Gasteiger partial charge on any atom is -0.494 e. The zero-order chi connectivity index (χ0) is 23.9. The number of nitrogens with one attached hydrogen (secondary N) is 2. The Bertz CT molecular complexity index is 1080. The molecule has 1 heterocycles. The first kappa shape index (κ1) is 24.7. The molecule has 2 N–H and O–H groups in total. The van der Waals surface area contributed by atoms with Crippen molar-refractivity contribution in [2.45, 2.75) is 39.2 Å². The third kappa shape index (κ3) is 6.39. The van der Waals surface area contributed by atoms with Crippen molar-refractivity contribution in [3.8, 4) is 5.75 Å². The van der Waals surface area contributed by atoms with Gasteiger partial charge in [0.25, 0.3) is 0 Å². The number of nitrogens with zero attached hydrogens (tertiary/aromatic N) is 3. The summed E-state index contributed by atoms with van der Waals surface area (Å²) in [6.45, 7) is 5.54. The van der Waals surface area contributed by atoms with Crippen LogP contribution in [0.4, 0.5) is 11.8 Å². The SMILES string of the molecule is CCOc1ccc(Br)cc1CNCC1CCC(CNc2nc(N(C)C)c3ccccc3n2)CC1. The van der Waals surface area contributed by atoms with E-state index in [1.54, 1.807) is 0 Å². The van der Waals surface area contributed by atoms with Crippen molar-refractivity contribution in [2.75, 3.05) is 44.0 Å². The molecule has 1 aliphatic rings. The highest BCUT2D eigenvalue weighted by atomic mass is 79.9. The summed E-state index contributed by atoms with van der Waals surface area (Å²) >= 11 is 3.58. The van der Waals surface area contributed by atoms with E-state index in [2.05, 4.69) is 49.7 Å². The number of hydrogen-bond donors (Lipinski definition) is 2. The Kier molecular flexibility index (Phi) is 8.62. The first-order valence-electron chi connectivity index (χ1n) is 12.3. The fourth-order valence-corrected chi connectivity index (χ4v) is 5.16. The number of para-hydroxylation sites is 1. The van der Waals surface area contributed by atoms with Gasteiger partial charge in [0.1, 0.15) is 11.6 Å². The van der Waals surface area contributed by atoms with Gasteiger partial charge in [-0.25, -0.2) is 4.98 Å². The van der Waals surface area contributed by atoms with E-state index in [0.29, 0.717) is 12.5 Å². The van der Waals surface area contributed by atoms with Gasteiger partial charge in [0.2, 0.25) is 5.95 Å². The van der Waals surface area contributed by atoms with Crippen molar-refractivity contribution in [1.82, 2.24) is 15.3 Å². The molecule has 4 rings (SSSR count). The molecular weight excluding hydrogens is 490 g/mol. The van der Waals surface area contributed by atoms with E-state index in [1.807, 2.05) is 45.3 Å². The minimum absolute atomic E-state index is 0.670. The van der Waals surface area contributed by atoms with Crippen LogP contribution >= 0.6 is 15.9 Å². The Balaban J connectivity index is 1.24. The second-order valence-electron chi connectivity index (χ2n) is 9.37. The quantitative estimate of drug-likeness (QED) is 0.345. The third-order valence-electron chi connectivity index (χ3n) is 6.59. The fraction of sp³-hybridized carbons (Fsp3) is 0.481. The lowest BCUT2D eigenvalue weighted by Gasteiger charge is -2.29. The van der Waals surface area contributed by atoms with Crippen LogP contribution in [-0.2, 0) is 6.54 Å². The summed E-state index contributed by atoms with van der Waals surface area (Å²) in [6.07, 6.45) is 5.01. The summed E-state index contributed by atoms with van der Waals surface area (Å²) in [7, 11) is 4.06. The second-order valence-corrected chi connectivity index (χ2v) is 10.3. The smallest absolute Gasteiger partial charge is 0.225 e. The van der Waals surface area contributed by atoms with E-state index in [-0.39, 0.29) is 0 Å². The van der Waals surface area contributed by atoms with Gasteiger partial charge >= 0.3 is 0 Å². The Labute approximate surface area is 211 Å². The minimum atomic E-state index is 0.670. The molecule has 0 unspecified atom stereocenters. The molecular formula is C27H36BrN5O. The zero-order valence-electron chi connectivity index (χ0n) is 20.5. The van der Waals surface area contributed by atoms with E-state index < -0.39 is 0 Å². The molecule has 0 atom stereocenters. The lowest BCUT2D eigenvalue weighted by atomic mass is 9.82. The topological polar surface area (TPSA) is 62.3 Å². The van der Waals surface area contributed by atoms with Gasteiger partial charge in [-0.1, -0.05) is 28.1 Å². The number of rotatable bonds is 10. The second kappa shape index (κ2) is 11.8. The van der Waals surface area contributed by atoms with Crippen molar-refractivity contribution >= 4 is 38.6 Å². The number of aromatic nitrogens is 2. The summed E-state index contributed by atoms with van der Waals surface area (Å²) in [4.78, 5) is 11.6. The Morgan fingerprint density at radius 2 is 1.74 bits per heavy atom. The molecule has 34 heavy (non-hydrogen) atoms. The number of ether oxygens (including phenoxy) is 1. The van der Waals surface area contributed by atoms with Crippen LogP contribution in [0.1, 0.15) is 38.2 Å². The maximum Gasteiger partial charge on any atom is 0.225 e. The third-order valence-corrected chi connectivity index (χ3v) is 7.09. The monoisotopic (exact) mass is 525 g/mol. The maximum absolute atomic E-state index is 5.78. The van der Waals surface area contributed by atoms with Gasteiger partial charge in [-0.05, 0) is 81.3 Å². The van der Waals surface area contributed by atoms with Crippen LogP contribution in [-0.4, -0.2) is 43.8 Å². The summed E-state index contributed by atoms with van der Waals surface area (Å²) in [5, 5.41) is 8.27. The van der Waals surface area contributed by atoms with Crippen LogP contribution < -0.4 is 20.3 Å². The highest BCUT2D eigenvalue weighted by Gasteiger charge is 2.21. The summed E-state index contributed by atoms with van der Waals surface area (Å²) in [5.74, 6) is 4.06. The van der Waals surface area contributed by atoms with Gasteiger partial charge in [0, 0.05) is 42.6 Å². The molecule has 1 saturated carbocycles.